The molecule has 7 heteroatoms. The summed E-state index contributed by atoms with van der Waals surface area (Å²) in [6.45, 7) is 0.0583. The molecule has 2 aromatic carbocycles. The lowest BCUT2D eigenvalue weighted by Gasteiger charge is -2.15. The maximum atomic E-state index is 12.5. The molecular formula is C21H18BrN3O3. The van der Waals surface area contributed by atoms with Gasteiger partial charge in [-0.15, -0.1) is 0 Å². The molecule has 6 nitrogen and oxygen atoms in total. The van der Waals surface area contributed by atoms with Gasteiger partial charge in [0.05, 0.1) is 0 Å². The second kappa shape index (κ2) is 7.52. The number of para-hydroxylation sites is 1. The number of carbonyl (C=O) groups excluding carboxylic acids is 1. The molecule has 0 saturated heterocycles. The molecule has 0 unspecified atom stereocenters. The van der Waals surface area contributed by atoms with Crippen LogP contribution in [0.2, 0.25) is 0 Å². The van der Waals surface area contributed by atoms with E-state index in [2.05, 4.69) is 26.2 Å². The summed E-state index contributed by atoms with van der Waals surface area (Å²) in [5.74, 6) is -1.40. The van der Waals surface area contributed by atoms with Gasteiger partial charge in [0.25, 0.3) is 0 Å². The van der Waals surface area contributed by atoms with Gasteiger partial charge in [-0.25, -0.2) is 4.79 Å². The van der Waals surface area contributed by atoms with Crippen molar-refractivity contribution in [1.29, 1.82) is 0 Å². The van der Waals surface area contributed by atoms with Crippen molar-refractivity contribution in [3.8, 4) is 0 Å². The molecule has 0 aliphatic carbocycles. The van der Waals surface area contributed by atoms with Crippen LogP contribution in [0.15, 0.2) is 65.4 Å². The summed E-state index contributed by atoms with van der Waals surface area (Å²) in [6, 6.07) is 14.4. The minimum absolute atomic E-state index is 0.0583. The predicted molar refractivity (Wildman–Crippen MR) is 111 cm³/mol. The number of carbonyl (C=O) groups is 2. The molecule has 2 heterocycles. The van der Waals surface area contributed by atoms with Gasteiger partial charge in [-0.2, -0.15) is 0 Å². The number of H-pyrrole nitrogens is 1. The summed E-state index contributed by atoms with van der Waals surface area (Å²) in [5, 5.41) is 14.2. The summed E-state index contributed by atoms with van der Waals surface area (Å²) >= 11 is 3.43. The molecule has 1 atom stereocenters. The number of rotatable bonds is 6. The van der Waals surface area contributed by atoms with Crippen LogP contribution in [0.3, 0.4) is 0 Å². The average Bonchev–Trinajstić information content (AvgIpc) is 3.25. The number of carboxylic acid groups (broad SMARTS) is 1. The third kappa shape index (κ3) is 3.66. The molecule has 0 radical (unpaired) electrons. The standard InChI is InChI=1S/C21H18BrN3O3/c22-15-5-6-19-13(9-15)7-8-25(19)12-20(26)24-18(21(27)28)10-14-11-23-17-4-2-1-3-16(14)17/h1-9,11,18,23H,10,12H2,(H,24,26)(H,27,28)/t18-/m1/s1. The van der Waals surface area contributed by atoms with Crippen LogP contribution in [0.1, 0.15) is 5.56 Å². The fraction of sp³-hybridized carbons (Fsp3) is 0.143. The number of aliphatic carboxylic acids is 1. The van der Waals surface area contributed by atoms with Gasteiger partial charge in [-0.05, 0) is 35.9 Å². The Labute approximate surface area is 169 Å². The van der Waals surface area contributed by atoms with Gasteiger partial charge < -0.3 is 20.0 Å². The van der Waals surface area contributed by atoms with Gasteiger partial charge in [0.1, 0.15) is 12.6 Å². The van der Waals surface area contributed by atoms with Crippen LogP contribution in [0.5, 0.6) is 0 Å². The van der Waals surface area contributed by atoms with Crippen molar-refractivity contribution >= 4 is 49.6 Å². The number of carboxylic acids is 1. The lowest BCUT2D eigenvalue weighted by Crippen LogP contribution is -2.43. The van der Waals surface area contributed by atoms with E-state index >= 15 is 0 Å². The average molecular weight is 440 g/mol. The third-order valence-electron chi connectivity index (χ3n) is 4.78. The lowest BCUT2D eigenvalue weighted by atomic mass is 10.0. The second-order valence-corrected chi connectivity index (χ2v) is 7.58. The number of aromatic nitrogens is 2. The Hall–Kier alpha value is -3.06. The third-order valence-corrected chi connectivity index (χ3v) is 5.27. The fourth-order valence-electron chi connectivity index (χ4n) is 3.42. The van der Waals surface area contributed by atoms with Gasteiger partial charge in [0.15, 0.2) is 0 Å². The van der Waals surface area contributed by atoms with Crippen molar-refractivity contribution in [3.05, 3.63) is 71.0 Å². The lowest BCUT2D eigenvalue weighted by molar-refractivity contribution is -0.141. The first-order valence-electron chi connectivity index (χ1n) is 8.83. The van der Waals surface area contributed by atoms with Gasteiger partial charge in [0, 0.05) is 45.1 Å². The number of amides is 1. The topological polar surface area (TPSA) is 87.1 Å². The van der Waals surface area contributed by atoms with Crippen LogP contribution in [0.25, 0.3) is 21.8 Å². The molecular weight excluding hydrogens is 422 g/mol. The van der Waals surface area contributed by atoms with Crippen molar-refractivity contribution in [3.63, 3.8) is 0 Å². The molecule has 0 fully saturated rings. The minimum Gasteiger partial charge on any atom is -0.480 e. The van der Waals surface area contributed by atoms with E-state index in [1.165, 1.54) is 0 Å². The molecule has 0 bridgehead atoms. The summed E-state index contributed by atoms with van der Waals surface area (Å²) in [6.07, 6.45) is 3.83. The number of aromatic amines is 1. The summed E-state index contributed by atoms with van der Waals surface area (Å²) in [5.41, 5.74) is 2.72. The molecule has 1 amide bonds. The Kier molecular flexibility index (Phi) is 4.92. The Bertz CT molecular complexity index is 1180. The van der Waals surface area contributed by atoms with E-state index in [0.29, 0.717) is 0 Å². The highest BCUT2D eigenvalue weighted by Gasteiger charge is 2.22. The van der Waals surface area contributed by atoms with E-state index in [-0.39, 0.29) is 18.9 Å². The Morgan fingerprint density at radius 2 is 2.00 bits per heavy atom. The molecule has 4 rings (SSSR count). The normalized spacial score (nSPS) is 12.3. The molecule has 3 N–H and O–H groups in total. The van der Waals surface area contributed by atoms with Crippen molar-refractivity contribution in [2.24, 2.45) is 0 Å². The smallest absolute Gasteiger partial charge is 0.326 e. The quantitative estimate of drug-likeness (QED) is 0.428. The summed E-state index contributed by atoms with van der Waals surface area (Å²) in [7, 11) is 0. The number of nitrogens with zero attached hydrogens (tertiary/aromatic N) is 1. The van der Waals surface area contributed by atoms with Gasteiger partial charge in [0.2, 0.25) is 5.91 Å². The summed E-state index contributed by atoms with van der Waals surface area (Å²) in [4.78, 5) is 27.4. The van der Waals surface area contributed by atoms with E-state index in [1.807, 2.05) is 59.3 Å². The molecule has 142 valence electrons. The maximum Gasteiger partial charge on any atom is 0.326 e. The van der Waals surface area contributed by atoms with Crippen LogP contribution in [-0.4, -0.2) is 32.6 Å². The van der Waals surface area contributed by atoms with Crippen molar-refractivity contribution < 1.29 is 14.7 Å². The van der Waals surface area contributed by atoms with Gasteiger partial charge >= 0.3 is 5.97 Å². The van der Waals surface area contributed by atoms with Crippen LogP contribution >= 0.6 is 15.9 Å². The first kappa shape index (κ1) is 18.3. The SMILES string of the molecule is O=C(Cn1ccc2cc(Br)ccc21)N[C@H](Cc1c[nH]c2ccccc12)C(=O)O. The van der Waals surface area contributed by atoms with Crippen molar-refractivity contribution in [1.82, 2.24) is 14.9 Å². The second-order valence-electron chi connectivity index (χ2n) is 6.67. The molecule has 0 spiro atoms. The molecule has 0 aliphatic heterocycles. The zero-order valence-corrected chi connectivity index (χ0v) is 16.4. The number of benzene rings is 2. The number of nitrogens with one attached hydrogen (secondary N) is 2. The Morgan fingerprint density at radius 1 is 1.18 bits per heavy atom. The van der Waals surface area contributed by atoms with Crippen LogP contribution in [0.4, 0.5) is 0 Å². The zero-order chi connectivity index (χ0) is 19.7. The van der Waals surface area contributed by atoms with Gasteiger partial charge in [-0.1, -0.05) is 34.1 Å². The number of hydrogen-bond donors (Lipinski definition) is 3. The summed E-state index contributed by atoms with van der Waals surface area (Å²) < 4.78 is 2.77. The minimum atomic E-state index is -1.06. The highest BCUT2D eigenvalue weighted by atomic mass is 79.9. The highest BCUT2D eigenvalue weighted by molar-refractivity contribution is 9.10. The zero-order valence-electron chi connectivity index (χ0n) is 14.9. The monoisotopic (exact) mass is 439 g/mol. The molecule has 28 heavy (non-hydrogen) atoms. The highest BCUT2D eigenvalue weighted by Crippen LogP contribution is 2.21. The van der Waals surface area contributed by atoms with E-state index in [9.17, 15) is 14.7 Å². The largest absolute Gasteiger partial charge is 0.480 e. The van der Waals surface area contributed by atoms with E-state index in [4.69, 9.17) is 0 Å². The number of hydrogen-bond acceptors (Lipinski definition) is 2. The molecule has 2 aromatic heterocycles. The van der Waals surface area contributed by atoms with Crippen LogP contribution in [0, 0.1) is 0 Å². The Balaban J connectivity index is 1.49. The van der Waals surface area contributed by atoms with Crippen molar-refractivity contribution in [2.75, 3.05) is 0 Å². The number of fused-ring (bicyclic) bond motifs is 2. The molecule has 0 aliphatic rings. The Morgan fingerprint density at radius 3 is 2.82 bits per heavy atom. The number of halogens is 1. The van der Waals surface area contributed by atoms with Crippen LogP contribution in [-0.2, 0) is 22.6 Å². The fourth-order valence-corrected chi connectivity index (χ4v) is 3.80. The first-order chi connectivity index (χ1) is 13.5. The molecule has 0 saturated carbocycles. The van der Waals surface area contributed by atoms with E-state index in [0.717, 1.165) is 31.8 Å². The van der Waals surface area contributed by atoms with E-state index in [1.54, 1.807) is 6.20 Å². The van der Waals surface area contributed by atoms with Gasteiger partial charge in [-0.3, -0.25) is 4.79 Å². The van der Waals surface area contributed by atoms with Crippen molar-refractivity contribution in [2.45, 2.75) is 19.0 Å². The van der Waals surface area contributed by atoms with E-state index < -0.39 is 12.0 Å². The predicted octanol–water partition coefficient (Wildman–Crippen LogP) is 3.70. The molecule has 4 aromatic rings. The first-order valence-corrected chi connectivity index (χ1v) is 9.62. The van der Waals surface area contributed by atoms with Crippen LogP contribution < -0.4 is 5.32 Å². The maximum absolute atomic E-state index is 12.5.